The maximum absolute atomic E-state index is 12.8. The zero-order chi connectivity index (χ0) is 21.0. The molecule has 2 aromatic rings. The van der Waals surface area contributed by atoms with Crippen molar-refractivity contribution in [3.63, 3.8) is 0 Å². The highest BCUT2D eigenvalue weighted by molar-refractivity contribution is 6.31. The molecule has 29 heavy (non-hydrogen) atoms. The van der Waals surface area contributed by atoms with Gasteiger partial charge in [-0.3, -0.25) is 19.3 Å². The number of nitrogens with zero attached hydrogens (tertiary/aromatic N) is 3. The summed E-state index contributed by atoms with van der Waals surface area (Å²) in [7, 11) is 1.41. The molecule has 1 saturated heterocycles. The second-order valence-corrected chi connectivity index (χ2v) is 7.11. The Kier molecular flexibility index (Phi) is 6.56. The number of carbonyl (C=O) groups is 3. The molecular weight excluding hydrogens is 398 g/mol. The van der Waals surface area contributed by atoms with E-state index in [1.807, 2.05) is 6.92 Å². The van der Waals surface area contributed by atoms with Gasteiger partial charge in [0.05, 0.1) is 12.8 Å². The van der Waals surface area contributed by atoms with Gasteiger partial charge in [-0.25, -0.2) is 0 Å². The third-order valence-electron chi connectivity index (χ3n) is 4.70. The molecule has 1 aromatic carbocycles. The van der Waals surface area contributed by atoms with Crippen LogP contribution in [0.4, 0.5) is 5.69 Å². The molecule has 1 aliphatic heterocycles. The lowest BCUT2D eigenvalue weighted by atomic mass is 10.2. The average Bonchev–Trinajstić information content (AvgIpc) is 3.33. The van der Waals surface area contributed by atoms with Crippen molar-refractivity contribution in [2.75, 3.05) is 38.4 Å². The Balaban J connectivity index is 1.71. The van der Waals surface area contributed by atoms with Crippen LogP contribution >= 0.6 is 11.6 Å². The quantitative estimate of drug-likeness (QED) is 0.685. The molecule has 2 heterocycles. The number of furan rings is 1. The highest BCUT2D eigenvalue weighted by atomic mass is 35.5. The van der Waals surface area contributed by atoms with Crippen LogP contribution in [-0.4, -0.2) is 61.0 Å². The number of methoxy groups -OCH3 is 1. The highest BCUT2D eigenvalue weighted by Crippen LogP contribution is 2.28. The van der Waals surface area contributed by atoms with Crippen molar-refractivity contribution in [2.45, 2.75) is 13.5 Å². The largest absolute Gasteiger partial charge is 0.467 e. The van der Waals surface area contributed by atoms with E-state index in [0.29, 0.717) is 16.5 Å². The fourth-order valence-electron chi connectivity index (χ4n) is 3.12. The minimum Gasteiger partial charge on any atom is -0.467 e. The lowest BCUT2D eigenvalue weighted by Crippen LogP contribution is -2.43. The predicted octanol–water partition coefficient (Wildman–Crippen LogP) is 2.05. The Hall–Kier alpha value is -2.84. The summed E-state index contributed by atoms with van der Waals surface area (Å²) in [5.41, 5.74) is 1.44. The van der Waals surface area contributed by atoms with Crippen molar-refractivity contribution < 1.29 is 23.5 Å². The van der Waals surface area contributed by atoms with Crippen molar-refractivity contribution in [1.29, 1.82) is 0 Å². The minimum absolute atomic E-state index is 0.0577. The lowest BCUT2D eigenvalue weighted by Gasteiger charge is -2.24. The first-order valence-corrected chi connectivity index (χ1v) is 9.41. The maximum Gasteiger partial charge on any atom is 0.249 e. The summed E-state index contributed by atoms with van der Waals surface area (Å²) in [4.78, 5) is 42.0. The van der Waals surface area contributed by atoms with Crippen LogP contribution in [0.2, 0.25) is 5.02 Å². The van der Waals surface area contributed by atoms with Gasteiger partial charge < -0.3 is 19.0 Å². The van der Waals surface area contributed by atoms with Gasteiger partial charge in [0.25, 0.3) is 0 Å². The van der Waals surface area contributed by atoms with Gasteiger partial charge >= 0.3 is 0 Å². The van der Waals surface area contributed by atoms with Crippen LogP contribution in [0.3, 0.4) is 0 Å². The molecule has 3 rings (SSSR count). The number of ether oxygens (including phenoxy) is 1. The molecule has 0 spiro atoms. The van der Waals surface area contributed by atoms with Crippen LogP contribution in [0.1, 0.15) is 11.3 Å². The van der Waals surface area contributed by atoms with Gasteiger partial charge in [0, 0.05) is 17.8 Å². The van der Waals surface area contributed by atoms with Gasteiger partial charge in [-0.05, 0) is 36.8 Å². The van der Waals surface area contributed by atoms with Crippen LogP contribution in [0.25, 0.3) is 0 Å². The zero-order valence-corrected chi connectivity index (χ0v) is 17.0. The van der Waals surface area contributed by atoms with Crippen LogP contribution in [-0.2, 0) is 25.7 Å². The first kappa shape index (κ1) is 20.9. The van der Waals surface area contributed by atoms with E-state index in [9.17, 15) is 14.4 Å². The average molecular weight is 420 g/mol. The molecule has 1 fully saturated rings. The van der Waals surface area contributed by atoms with Gasteiger partial charge in [-0.1, -0.05) is 17.7 Å². The van der Waals surface area contributed by atoms with E-state index in [1.165, 1.54) is 28.1 Å². The monoisotopic (exact) mass is 419 g/mol. The Labute approximate surface area is 173 Å². The Morgan fingerprint density at radius 3 is 2.76 bits per heavy atom. The molecule has 0 unspecified atom stereocenters. The fourth-order valence-corrected chi connectivity index (χ4v) is 3.28. The summed E-state index contributed by atoms with van der Waals surface area (Å²) < 4.78 is 10.2. The van der Waals surface area contributed by atoms with E-state index >= 15 is 0 Å². The minimum atomic E-state index is -0.342. The number of benzene rings is 1. The molecule has 1 aliphatic rings. The van der Waals surface area contributed by atoms with Crippen LogP contribution in [0.5, 0.6) is 0 Å². The summed E-state index contributed by atoms with van der Waals surface area (Å²) in [6.45, 7) is 1.67. The van der Waals surface area contributed by atoms with Crippen molar-refractivity contribution in [2.24, 2.45) is 0 Å². The summed E-state index contributed by atoms with van der Waals surface area (Å²) in [6.07, 6.45) is 1.50. The van der Waals surface area contributed by atoms with Crippen molar-refractivity contribution in [3.05, 3.63) is 52.9 Å². The lowest BCUT2D eigenvalue weighted by molar-refractivity contribution is -0.143. The van der Waals surface area contributed by atoms with Gasteiger partial charge in [0.2, 0.25) is 17.7 Å². The number of hydrogen-bond acceptors (Lipinski definition) is 5. The number of carbonyl (C=O) groups excluding carboxylic acids is 3. The molecule has 9 heteroatoms. The third-order valence-corrected chi connectivity index (χ3v) is 5.10. The van der Waals surface area contributed by atoms with Gasteiger partial charge in [-0.15, -0.1) is 0 Å². The Morgan fingerprint density at radius 1 is 1.28 bits per heavy atom. The van der Waals surface area contributed by atoms with Crippen LogP contribution in [0.15, 0.2) is 41.0 Å². The molecule has 8 nitrogen and oxygen atoms in total. The molecule has 154 valence electrons. The number of anilines is 1. The molecule has 0 bridgehead atoms. The van der Waals surface area contributed by atoms with Crippen molar-refractivity contribution in [1.82, 2.24) is 9.80 Å². The van der Waals surface area contributed by atoms with E-state index in [-0.39, 0.29) is 50.6 Å². The second-order valence-electron chi connectivity index (χ2n) is 6.70. The predicted molar refractivity (Wildman–Crippen MR) is 106 cm³/mol. The van der Waals surface area contributed by atoms with Gasteiger partial charge in [0.1, 0.15) is 32.1 Å². The fraction of sp³-hybridized carbons (Fsp3) is 0.350. The first-order valence-electron chi connectivity index (χ1n) is 9.03. The standard InChI is InChI=1S/C20H22ClN3O5/c1-14-16(21)6-3-7-17(14)24-13-23(11-19(24)26)18(25)10-22(20(27)12-28-2)9-15-5-4-8-29-15/h3-8H,9-13H2,1-2H3. The topological polar surface area (TPSA) is 83.3 Å². The van der Waals surface area contributed by atoms with E-state index in [4.69, 9.17) is 20.8 Å². The molecule has 0 N–H and O–H groups in total. The third kappa shape index (κ3) is 4.78. The summed E-state index contributed by atoms with van der Waals surface area (Å²) in [5, 5.41) is 0.551. The van der Waals surface area contributed by atoms with E-state index in [2.05, 4.69) is 0 Å². The number of amides is 3. The Bertz CT molecular complexity index is 900. The molecule has 0 aliphatic carbocycles. The van der Waals surface area contributed by atoms with Crippen LogP contribution < -0.4 is 4.90 Å². The SMILES string of the molecule is COCC(=O)N(CC(=O)N1CC(=O)N(c2cccc(Cl)c2C)C1)Cc1ccco1. The van der Waals surface area contributed by atoms with Gasteiger partial charge in [0.15, 0.2) is 0 Å². The number of rotatable bonds is 7. The molecular formula is C20H22ClN3O5. The van der Waals surface area contributed by atoms with Gasteiger partial charge in [-0.2, -0.15) is 0 Å². The normalized spacial score (nSPS) is 13.8. The molecule has 0 atom stereocenters. The summed E-state index contributed by atoms with van der Waals surface area (Å²) in [6, 6.07) is 8.73. The molecule has 1 aromatic heterocycles. The van der Waals surface area contributed by atoms with E-state index < -0.39 is 0 Å². The van der Waals surface area contributed by atoms with E-state index in [1.54, 1.807) is 30.3 Å². The van der Waals surface area contributed by atoms with Crippen molar-refractivity contribution in [3.8, 4) is 0 Å². The summed E-state index contributed by atoms with van der Waals surface area (Å²) >= 11 is 6.16. The molecule has 0 saturated carbocycles. The first-order chi connectivity index (χ1) is 13.9. The highest BCUT2D eigenvalue weighted by Gasteiger charge is 2.34. The van der Waals surface area contributed by atoms with Crippen molar-refractivity contribution >= 4 is 35.0 Å². The van der Waals surface area contributed by atoms with E-state index in [0.717, 1.165) is 5.56 Å². The maximum atomic E-state index is 12.8. The summed E-state index contributed by atoms with van der Waals surface area (Å²) in [5.74, 6) is -0.331. The number of halogens is 1. The molecule has 3 amide bonds. The molecule has 0 radical (unpaired) electrons. The van der Waals surface area contributed by atoms with Crippen LogP contribution in [0, 0.1) is 6.92 Å². The smallest absolute Gasteiger partial charge is 0.249 e. The second kappa shape index (κ2) is 9.11. The Morgan fingerprint density at radius 2 is 2.07 bits per heavy atom. The number of hydrogen-bond donors (Lipinski definition) is 0. The zero-order valence-electron chi connectivity index (χ0n) is 16.3.